The largest absolute Gasteiger partial charge is 0.495 e. The number of aliphatic carboxylic acids is 1. The third kappa shape index (κ3) is 4.61. The van der Waals surface area contributed by atoms with Crippen LogP contribution in [0.25, 0.3) is 6.08 Å². The van der Waals surface area contributed by atoms with Gasteiger partial charge in [-0.3, -0.25) is 4.72 Å². The Morgan fingerprint density at radius 1 is 1.12 bits per heavy atom. The van der Waals surface area contributed by atoms with Gasteiger partial charge >= 0.3 is 11.9 Å². The molecule has 0 aliphatic carbocycles. The highest BCUT2D eigenvalue weighted by molar-refractivity contribution is 7.92. The Hall–Kier alpha value is -3.33. The van der Waals surface area contributed by atoms with Gasteiger partial charge in [0.2, 0.25) is 0 Å². The molecule has 8 nitrogen and oxygen atoms in total. The molecular weight excluding hydrogens is 362 g/mol. The SMILES string of the molecule is COc1ccc(/C=C/C(=O)O)cc1S(=O)(=O)Nc1cccc(C(=O)O)c1. The van der Waals surface area contributed by atoms with Gasteiger partial charge in [-0.05, 0) is 42.0 Å². The molecule has 0 fully saturated rings. The number of ether oxygens (including phenoxy) is 1. The lowest BCUT2D eigenvalue weighted by Crippen LogP contribution is -2.14. The number of rotatable bonds is 7. The monoisotopic (exact) mass is 377 g/mol. The van der Waals surface area contributed by atoms with Crippen LogP contribution < -0.4 is 9.46 Å². The molecule has 0 saturated carbocycles. The van der Waals surface area contributed by atoms with Crippen molar-refractivity contribution < 1.29 is 33.0 Å². The van der Waals surface area contributed by atoms with Crippen LogP contribution in [0, 0.1) is 0 Å². The van der Waals surface area contributed by atoms with Gasteiger partial charge in [-0.2, -0.15) is 0 Å². The minimum Gasteiger partial charge on any atom is -0.495 e. The Labute approximate surface area is 149 Å². The molecule has 0 aromatic heterocycles. The highest BCUT2D eigenvalue weighted by atomic mass is 32.2. The van der Waals surface area contributed by atoms with Crippen molar-refractivity contribution in [1.82, 2.24) is 0 Å². The smallest absolute Gasteiger partial charge is 0.335 e. The summed E-state index contributed by atoms with van der Waals surface area (Å²) in [4.78, 5) is 21.4. The number of carbonyl (C=O) groups is 2. The van der Waals surface area contributed by atoms with Gasteiger partial charge in [-0.1, -0.05) is 12.1 Å². The Morgan fingerprint density at radius 3 is 2.46 bits per heavy atom. The summed E-state index contributed by atoms with van der Waals surface area (Å²) in [5.41, 5.74) is 0.335. The lowest BCUT2D eigenvalue weighted by Gasteiger charge is -2.12. The number of nitrogens with one attached hydrogen (secondary N) is 1. The van der Waals surface area contributed by atoms with Crippen LogP contribution >= 0.6 is 0 Å². The summed E-state index contributed by atoms with van der Waals surface area (Å²) in [6, 6.07) is 9.47. The Balaban J connectivity index is 2.44. The summed E-state index contributed by atoms with van der Waals surface area (Å²) in [6.45, 7) is 0. The predicted molar refractivity (Wildman–Crippen MR) is 93.9 cm³/mol. The molecule has 0 heterocycles. The van der Waals surface area contributed by atoms with E-state index in [9.17, 15) is 18.0 Å². The van der Waals surface area contributed by atoms with Gasteiger partial charge in [0.25, 0.3) is 10.0 Å². The van der Waals surface area contributed by atoms with Gasteiger partial charge in [0.05, 0.1) is 12.7 Å². The molecule has 0 atom stereocenters. The lowest BCUT2D eigenvalue weighted by atomic mass is 10.2. The predicted octanol–water partition coefficient (Wildman–Crippen LogP) is 2.29. The zero-order valence-corrected chi connectivity index (χ0v) is 14.4. The summed E-state index contributed by atoms with van der Waals surface area (Å²) in [5, 5.41) is 17.7. The van der Waals surface area contributed by atoms with Gasteiger partial charge in [0.15, 0.2) is 0 Å². The van der Waals surface area contributed by atoms with E-state index in [2.05, 4.69) is 4.72 Å². The number of sulfonamides is 1. The molecule has 3 N–H and O–H groups in total. The first-order chi connectivity index (χ1) is 12.2. The second-order valence-corrected chi connectivity index (χ2v) is 6.72. The highest BCUT2D eigenvalue weighted by Gasteiger charge is 2.20. The molecule has 0 aliphatic rings. The van der Waals surface area contributed by atoms with Crippen LogP contribution in [0.5, 0.6) is 5.75 Å². The number of carboxylic acids is 2. The fourth-order valence-corrected chi connectivity index (χ4v) is 3.36. The molecule has 9 heteroatoms. The molecule has 0 saturated heterocycles. The zero-order valence-electron chi connectivity index (χ0n) is 13.5. The lowest BCUT2D eigenvalue weighted by molar-refractivity contribution is -0.131. The van der Waals surface area contributed by atoms with Crippen LogP contribution in [-0.2, 0) is 14.8 Å². The maximum Gasteiger partial charge on any atom is 0.335 e. The van der Waals surface area contributed by atoms with Crippen LogP contribution in [0.15, 0.2) is 53.4 Å². The van der Waals surface area contributed by atoms with Gasteiger partial charge in [0, 0.05) is 11.8 Å². The van der Waals surface area contributed by atoms with Crippen molar-refractivity contribution >= 4 is 33.7 Å². The van der Waals surface area contributed by atoms with E-state index in [-0.39, 0.29) is 21.9 Å². The van der Waals surface area contributed by atoms with Crippen molar-refractivity contribution in [1.29, 1.82) is 0 Å². The number of aromatic carboxylic acids is 1. The number of carboxylic acid groups (broad SMARTS) is 2. The molecule has 26 heavy (non-hydrogen) atoms. The summed E-state index contributed by atoms with van der Waals surface area (Å²) < 4.78 is 32.7. The fourth-order valence-electron chi connectivity index (χ4n) is 2.10. The molecular formula is C17H15NO7S. The van der Waals surface area contributed by atoms with Crippen molar-refractivity contribution in [2.45, 2.75) is 4.90 Å². The Bertz CT molecular complexity index is 980. The van der Waals surface area contributed by atoms with Gasteiger partial charge < -0.3 is 14.9 Å². The maximum atomic E-state index is 12.7. The minimum absolute atomic E-state index is 0.0550. The molecule has 0 unspecified atom stereocenters. The average Bonchev–Trinajstić information content (AvgIpc) is 2.59. The van der Waals surface area contributed by atoms with Crippen molar-refractivity contribution in [3.8, 4) is 5.75 Å². The van der Waals surface area contributed by atoms with Crippen LogP contribution in [0.4, 0.5) is 5.69 Å². The van der Waals surface area contributed by atoms with Crippen LogP contribution in [0.2, 0.25) is 0 Å². The van der Waals surface area contributed by atoms with Crippen LogP contribution in [0.3, 0.4) is 0 Å². The van der Waals surface area contributed by atoms with Crippen molar-refractivity contribution in [2.24, 2.45) is 0 Å². The highest BCUT2D eigenvalue weighted by Crippen LogP contribution is 2.27. The fraction of sp³-hybridized carbons (Fsp3) is 0.0588. The molecule has 2 aromatic rings. The van der Waals surface area contributed by atoms with Gasteiger partial charge in [0.1, 0.15) is 10.6 Å². The van der Waals surface area contributed by atoms with E-state index in [0.717, 1.165) is 6.08 Å². The summed E-state index contributed by atoms with van der Waals surface area (Å²) in [7, 11) is -2.81. The first kappa shape index (κ1) is 19.0. The molecule has 0 spiro atoms. The molecule has 2 aromatic carbocycles. The first-order valence-corrected chi connectivity index (χ1v) is 8.66. The molecule has 0 amide bonds. The second-order valence-electron chi connectivity index (χ2n) is 5.07. The second kappa shape index (κ2) is 7.70. The van der Waals surface area contributed by atoms with Crippen LogP contribution in [0.1, 0.15) is 15.9 Å². The zero-order chi connectivity index (χ0) is 19.3. The molecule has 0 bridgehead atoms. The summed E-state index contributed by atoms with van der Waals surface area (Å²) in [5.74, 6) is -2.31. The quantitative estimate of drug-likeness (QED) is 0.631. The van der Waals surface area contributed by atoms with Crippen molar-refractivity contribution in [2.75, 3.05) is 11.8 Å². The number of anilines is 1. The van der Waals surface area contributed by atoms with E-state index in [0.29, 0.717) is 5.56 Å². The van der Waals surface area contributed by atoms with Crippen molar-refractivity contribution in [3.63, 3.8) is 0 Å². The Kier molecular flexibility index (Phi) is 5.63. The average molecular weight is 377 g/mol. The standard InChI is InChI=1S/C17H15NO7S/c1-25-14-7-5-11(6-8-16(19)20)9-15(14)26(23,24)18-13-4-2-3-12(10-13)17(21)22/h2-10,18H,1H3,(H,19,20)(H,21,22)/b8-6+. The van der Waals surface area contributed by atoms with Crippen molar-refractivity contribution in [3.05, 3.63) is 59.7 Å². The normalized spacial score (nSPS) is 11.3. The van der Waals surface area contributed by atoms with E-state index in [4.69, 9.17) is 14.9 Å². The summed E-state index contributed by atoms with van der Waals surface area (Å²) in [6.07, 6.45) is 2.12. The molecule has 136 valence electrons. The van der Waals surface area contributed by atoms with E-state index in [1.807, 2.05) is 0 Å². The summed E-state index contributed by atoms with van der Waals surface area (Å²) >= 11 is 0. The van der Waals surface area contributed by atoms with Gasteiger partial charge in [-0.25, -0.2) is 18.0 Å². The third-order valence-corrected chi connectivity index (χ3v) is 4.66. The van der Waals surface area contributed by atoms with E-state index < -0.39 is 22.0 Å². The molecule has 2 rings (SSSR count). The number of benzene rings is 2. The third-order valence-electron chi connectivity index (χ3n) is 3.26. The van der Waals surface area contributed by atoms with Crippen LogP contribution in [-0.4, -0.2) is 37.7 Å². The van der Waals surface area contributed by atoms with E-state index in [1.54, 1.807) is 0 Å². The first-order valence-electron chi connectivity index (χ1n) is 7.18. The van der Waals surface area contributed by atoms with E-state index >= 15 is 0 Å². The Morgan fingerprint density at radius 2 is 1.85 bits per heavy atom. The topological polar surface area (TPSA) is 130 Å². The number of methoxy groups -OCH3 is 1. The van der Waals surface area contributed by atoms with Gasteiger partial charge in [-0.15, -0.1) is 0 Å². The van der Waals surface area contributed by atoms with E-state index in [1.165, 1.54) is 55.7 Å². The maximum absolute atomic E-state index is 12.7. The minimum atomic E-state index is -4.11. The molecule has 0 aliphatic heterocycles. The molecule has 0 radical (unpaired) electrons. The number of hydrogen-bond acceptors (Lipinski definition) is 5. The number of hydrogen-bond donors (Lipinski definition) is 3.